The summed E-state index contributed by atoms with van der Waals surface area (Å²) in [7, 11) is 1.77. The van der Waals surface area contributed by atoms with Gasteiger partial charge >= 0.3 is 0 Å². The van der Waals surface area contributed by atoms with Gasteiger partial charge in [-0.25, -0.2) is 0 Å². The summed E-state index contributed by atoms with van der Waals surface area (Å²) in [6, 6.07) is 18.6. The second-order valence-electron chi connectivity index (χ2n) is 7.25. The van der Waals surface area contributed by atoms with Crippen LogP contribution in [0.4, 0.5) is 0 Å². The maximum atomic E-state index is 9.75. The molecule has 0 radical (unpaired) electrons. The van der Waals surface area contributed by atoms with Crippen LogP contribution in [0.1, 0.15) is 22.6 Å². The molecule has 1 heterocycles. The summed E-state index contributed by atoms with van der Waals surface area (Å²) >= 11 is 0. The largest absolute Gasteiger partial charge is 0.396 e. The minimum absolute atomic E-state index is 0. The van der Waals surface area contributed by atoms with Crippen molar-refractivity contribution < 1.29 is 9.84 Å². The van der Waals surface area contributed by atoms with Gasteiger partial charge in [0.1, 0.15) is 0 Å². The molecule has 2 aromatic rings. The highest BCUT2D eigenvalue weighted by Crippen LogP contribution is 2.14. The van der Waals surface area contributed by atoms with Crippen LogP contribution in [-0.2, 0) is 17.8 Å². The smallest absolute Gasteiger partial charge is 0.191 e. The zero-order chi connectivity index (χ0) is 20.3. The topological polar surface area (TPSA) is 69.1 Å². The summed E-state index contributed by atoms with van der Waals surface area (Å²) < 4.78 is 5.45. The van der Waals surface area contributed by atoms with E-state index in [1.807, 2.05) is 30.3 Å². The summed E-state index contributed by atoms with van der Waals surface area (Å²) in [5, 5.41) is 16.5. The Morgan fingerprint density at radius 3 is 2.37 bits per heavy atom. The molecule has 7 heteroatoms. The Morgan fingerprint density at radius 1 is 1.03 bits per heavy atom. The molecule has 6 nitrogen and oxygen atoms in total. The molecule has 3 rings (SSSR count). The van der Waals surface area contributed by atoms with Crippen LogP contribution in [0.2, 0.25) is 0 Å². The van der Waals surface area contributed by atoms with Crippen molar-refractivity contribution in [1.29, 1.82) is 0 Å². The number of nitrogens with zero attached hydrogens (tertiary/aromatic N) is 2. The van der Waals surface area contributed by atoms with E-state index in [0.717, 1.165) is 44.4 Å². The van der Waals surface area contributed by atoms with E-state index in [1.165, 1.54) is 11.1 Å². The second kappa shape index (κ2) is 13.6. The molecule has 0 aromatic heterocycles. The van der Waals surface area contributed by atoms with Crippen LogP contribution >= 0.6 is 24.0 Å². The Morgan fingerprint density at radius 2 is 1.70 bits per heavy atom. The quantitative estimate of drug-likeness (QED) is 0.282. The Kier molecular flexibility index (Phi) is 11.1. The van der Waals surface area contributed by atoms with Gasteiger partial charge in [0.2, 0.25) is 0 Å². The Labute approximate surface area is 196 Å². The number of aliphatic hydroxyl groups excluding tert-OH is 1. The van der Waals surface area contributed by atoms with Crippen molar-refractivity contribution in [1.82, 2.24) is 15.5 Å². The lowest BCUT2D eigenvalue weighted by Crippen LogP contribution is -2.40. The van der Waals surface area contributed by atoms with Crippen LogP contribution in [0.5, 0.6) is 0 Å². The van der Waals surface area contributed by atoms with Gasteiger partial charge in [0.25, 0.3) is 0 Å². The highest BCUT2D eigenvalue weighted by atomic mass is 127. The number of guanidine groups is 1. The molecule has 0 spiro atoms. The fourth-order valence-corrected chi connectivity index (χ4v) is 3.52. The van der Waals surface area contributed by atoms with Gasteiger partial charge in [-0.3, -0.25) is 9.89 Å². The molecule has 2 aromatic carbocycles. The van der Waals surface area contributed by atoms with Crippen molar-refractivity contribution in [3.63, 3.8) is 0 Å². The van der Waals surface area contributed by atoms with Crippen LogP contribution in [0.3, 0.4) is 0 Å². The molecule has 3 N–H and O–H groups in total. The third-order valence-electron chi connectivity index (χ3n) is 5.29. The number of hydrogen-bond acceptors (Lipinski definition) is 4. The number of benzene rings is 2. The maximum Gasteiger partial charge on any atom is 0.191 e. The average Bonchev–Trinajstić information content (AvgIpc) is 2.78. The van der Waals surface area contributed by atoms with Crippen molar-refractivity contribution >= 4 is 29.9 Å². The number of morpholine rings is 1. The summed E-state index contributed by atoms with van der Waals surface area (Å²) in [5.74, 6) is 0.768. The SMILES string of the molecule is CN=C(NCc1ccccc1CN1CCOCC1)NCC(CO)c1ccccc1.I. The van der Waals surface area contributed by atoms with Gasteiger partial charge in [-0.15, -0.1) is 24.0 Å². The Hall–Kier alpha value is -1.68. The first-order chi connectivity index (χ1) is 14.3. The van der Waals surface area contributed by atoms with E-state index in [-0.39, 0.29) is 36.5 Å². The molecule has 1 fully saturated rings. The molecule has 164 valence electrons. The van der Waals surface area contributed by atoms with Gasteiger partial charge in [-0.05, 0) is 16.7 Å². The number of ether oxygens (including phenoxy) is 1. The zero-order valence-corrected chi connectivity index (χ0v) is 19.9. The lowest BCUT2D eigenvalue weighted by Gasteiger charge is -2.27. The van der Waals surface area contributed by atoms with Gasteiger partial charge in [-0.1, -0.05) is 54.6 Å². The first-order valence-electron chi connectivity index (χ1n) is 10.3. The molecular weight excluding hydrogens is 491 g/mol. The predicted molar refractivity (Wildman–Crippen MR) is 132 cm³/mol. The summed E-state index contributed by atoms with van der Waals surface area (Å²) in [5.41, 5.74) is 3.72. The standard InChI is InChI=1S/C23H32N4O2.HI/c1-24-23(26-16-22(18-28)19-7-3-2-4-8-19)25-15-20-9-5-6-10-21(20)17-27-11-13-29-14-12-27;/h2-10,22,28H,11-18H2,1H3,(H2,24,25,26);1H. The first kappa shape index (κ1) is 24.6. The van der Waals surface area contributed by atoms with E-state index in [1.54, 1.807) is 7.05 Å². The lowest BCUT2D eigenvalue weighted by molar-refractivity contribution is 0.0341. The van der Waals surface area contributed by atoms with Gasteiger partial charge in [-0.2, -0.15) is 0 Å². The third kappa shape index (κ3) is 7.54. The number of halogens is 1. The van der Waals surface area contributed by atoms with E-state index in [0.29, 0.717) is 13.1 Å². The number of hydrogen-bond donors (Lipinski definition) is 3. The normalized spacial score (nSPS) is 15.9. The van der Waals surface area contributed by atoms with E-state index >= 15 is 0 Å². The lowest BCUT2D eigenvalue weighted by atomic mass is 10.0. The fourth-order valence-electron chi connectivity index (χ4n) is 3.52. The molecule has 0 aliphatic carbocycles. The minimum Gasteiger partial charge on any atom is -0.396 e. The Bertz CT molecular complexity index is 767. The van der Waals surface area contributed by atoms with Crippen LogP contribution in [0, 0.1) is 0 Å². The Balaban J connectivity index is 0.00000320. The fraction of sp³-hybridized carbons (Fsp3) is 0.435. The molecule has 30 heavy (non-hydrogen) atoms. The summed E-state index contributed by atoms with van der Waals surface area (Å²) in [6.07, 6.45) is 0. The predicted octanol–water partition coefficient (Wildman–Crippen LogP) is 2.58. The number of nitrogens with one attached hydrogen (secondary N) is 2. The molecular formula is C23H33IN4O2. The minimum atomic E-state index is 0. The maximum absolute atomic E-state index is 9.75. The highest BCUT2D eigenvalue weighted by Gasteiger charge is 2.14. The molecule has 1 aliphatic rings. The zero-order valence-electron chi connectivity index (χ0n) is 17.6. The molecule has 1 aliphatic heterocycles. The molecule has 0 bridgehead atoms. The monoisotopic (exact) mass is 524 g/mol. The molecule has 0 amide bonds. The molecule has 1 saturated heterocycles. The van der Waals surface area contributed by atoms with Gasteiger partial charge in [0.05, 0.1) is 19.8 Å². The van der Waals surface area contributed by atoms with Crippen molar-refractivity contribution in [2.45, 2.75) is 19.0 Å². The number of rotatable bonds is 8. The molecule has 0 saturated carbocycles. The second-order valence-corrected chi connectivity index (χ2v) is 7.25. The van der Waals surface area contributed by atoms with Gasteiger partial charge in [0, 0.05) is 45.7 Å². The van der Waals surface area contributed by atoms with Crippen LogP contribution < -0.4 is 10.6 Å². The number of aliphatic imine (C=N–C) groups is 1. The number of aliphatic hydroxyl groups is 1. The third-order valence-corrected chi connectivity index (χ3v) is 5.29. The van der Waals surface area contributed by atoms with E-state index in [4.69, 9.17) is 4.74 Å². The van der Waals surface area contributed by atoms with E-state index in [9.17, 15) is 5.11 Å². The van der Waals surface area contributed by atoms with Crippen molar-refractivity contribution in [2.24, 2.45) is 4.99 Å². The van der Waals surface area contributed by atoms with Crippen molar-refractivity contribution in [3.8, 4) is 0 Å². The first-order valence-corrected chi connectivity index (χ1v) is 10.3. The van der Waals surface area contributed by atoms with Gasteiger partial charge in [0.15, 0.2) is 5.96 Å². The van der Waals surface area contributed by atoms with Crippen LogP contribution in [0.25, 0.3) is 0 Å². The average molecular weight is 524 g/mol. The van der Waals surface area contributed by atoms with E-state index in [2.05, 4.69) is 44.8 Å². The molecule has 1 atom stereocenters. The van der Waals surface area contributed by atoms with Crippen LogP contribution in [-0.4, -0.2) is 62.5 Å². The van der Waals surface area contributed by atoms with Gasteiger partial charge < -0.3 is 20.5 Å². The van der Waals surface area contributed by atoms with E-state index < -0.39 is 0 Å². The van der Waals surface area contributed by atoms with Crippen molar-refractivity contribution in [3.05, 3.63) is 71.3 Å². The van der Waals surface area contributed by atoms with Crippen molar-refractivity contribution in [2.75, 3.05) is 46.5 Å². The summed E-state index contributed by atoms with van der Waals surface area (Å²) in [6.45, 7) is 5.93. The van der Waals surface area contributed by atoms with Crippen LogP contribution in [0.15, 0.2) is 59.6 Å². The summed E-state index contributed by atoms with van der Waals surface area (Å²) in [4.78, 5) is 6.77. The highest BCUT2D eigenvalue weighted by molar-refractivity contribution is 14.0. The molecule has 1 unspecified atom stereocenters.